The Kier molecular flexibility index (Phi) is 6.47. The molecule has 3 heterocycles. The molecule has 0 atom stereocenters. The van der Waals surface area contributed by atoms with Crippen molar-refractivity contribution in [2.75, 3.05) is 59.5 Å². The summed E-state index contributed by atoms with van der Waals surface area (Å²) in [6.07, 6.45) is 1.92. The average molecular weight is 446 g/mol. The molecule has 0 amide bonds. The van der Waals surface area contributed by atoms with Crippen molar-refractivity contribution in [1.82, 2.24) is 18.8 Å². The van der Waals surface area contributed by atoms with Crippen molar-refractivity contribution in [2.45, 2.75) is 18.7 Å². The molecule has 4 rings (SSSR count). The van der Waals surface area contributed by atoms with Crippen molar-refractivity contribution < 1.29 is 13.2 Å². The lowest BCUT2D eigenvalue weighted by atomic mass is 10.2. The number of likely N-dealkylation sites (N-methyl/N-ethyl adjacent to an activating group) is 1. The number of morpholine rings is 1. The quantitative estimate of drug-likeness (QED) is 0.655. The molecule has 0 radical (unpaired) electrons. The lowest BCUT2D eigenvalue weighted by Gasteiger charge is -2.30. The van der Waals surface area contributed by atoms with Crippen molar-refractivity contribution >= 4 is 16.2 Å². The number of aryl methyl sites for hydroxylation is 1. The van der Waals surface area contributed by atoms with Crippen LogP contribution in [0.1, 0.15) is 17.0 Å². The van der Waals surface area contributed by atoms with Gasteiger partial charge in [-0.25, -0.2) is 8.42 Å². The van der Waals surface area contributed by atoms with Crippen LogP contribution in [-0.4, -0.2) is 92.9 Å². The van der Waals surface area contributed by atoms with E-state index in [1.807, 2.05) is 26.1 Å². The zero-order valence-corrected chi connectivity index (χ0v) is 19.3. The maximum Gasteiger partial charge on any atom is 0.243 e. The van der Waals surface area contributed by atoms with Crippen LogP contribution >= 0.6 is 0 Å². The van der Waals surface area contributed by atoms with E-state index in [-0.39, 0.29) is 0 Å². The summed E-state index contributed by atoms with van der Waals surface area (Å²) in [5, 5.41) is 6.77. The highest BCUT2D eigenvalue weighted by molar-refractivity contribution is 7.89. The molecule has 0 spiro atoms. The maximum atomic E-state index is 13.1. The Hall–Kier alpha value is -2.20. The summed E-state index contributed by atoms with van der Waals surface area (Å²) < 4.78 is 35.0. The van der Waals surface area contributed by atoms with E-state index in [1.165, 1.54) is 4.31 Å². The smallest absolute Gasteiger partial charge is 0.243 e. The highest BCUT2D eigenvalue weighted by atomic mass is 32.2. The van der Waals surface area contributed by atoms with E-state index in [1.54, 1.807) is 18.2 Å². The first-order chi connectivity index (χ1) is 14.9. The van der Waals surface area contributed by atoms with E-state index in [0.29, 0.717) is 31.2 Å². The Morgan fingerprint density at radius 2 is 1.71 bits per heavy atom. The topological polar surface area (TPSA) is 70.4 Å². The number of hydrogen-bond acceptors (Lipinski definition) is 6. The summed E-state index contributed by atoms with van der Waals surface area (Å²) in [4.78, 5) is 2.61. The number of aromatic nitrogens is 1. The fourth-order valence-corrected chi connectivity index (χ4v) is 5.54. The van der Waals surface area contributed by atoms with Crippen LogP contribution in [0.4, 0.5) is 0 Å². The van der Waals surface area contributed by atoms with Crippen molar-refractivity contribution in [3.63, 3.8) is 0 Å². The minimum atomic E-state index is -3.54. The summed E-state index contributed by atoms with van der Waals surface area (Å²) >= 11 is 0. The fraction of sp³-hybridized carbons (Fsp3) is 0.500. The minimum absolute atomic E-state index is 0.312. The van der Waals surface area contributed by atoms with Gasteiger partial charge < -0.3 is 14.2 Å². The minimum Gasteiger partial charge on any atom is -0.379 e. The van der Waals surface area contributed by atoms with Crippen molar-refractivity contribution in [3.05, 3.63) is 47.3 Å². The van der Waals surface area contributed by atoms with Gasteiger partial charge in [0.25, 0.3) is 0 Å². The maximum absolute atomic E-state index is 13.1. The van der Waals surface area contributed by atoms with Crippen LogP contribution in [0.3, 0.4) is 0 Å². The molecule has 1 aromatic heterocycles. The van der Waals surface area contributed by atoms with E-state index in [0.717, 1.165) is 48.8 Å². The van der Waals surface area contributed by atoms with Crippen LogP contribution in [0.25, 0.3) is 5.69 Å². The number of rotatable bonds is 5. The molecule has 168 valence electrons. The number of ether oxygens (including phenoxy) is 1. The summed E-state index contributed by atoms with van der Waals surface area (Å²) in [5.41, 5.74) is 3.95. The van der Waals surface area contributed by atoms with Gasteiger partial charge in [0.05, 0.1) is 24.3 Å². The molecule has 2 aliphatic heterocycles. The molecule has 2 aromatic rings. The third-order valence-electron chi connectivity index (χ3n) is 5.99. The standard InChI is InChI=1S/C22H31N5O3S/c1-18-15-20(17-23-25-9-7-24(3)8-10-25)19(2)27(18)21-5-4-6-22(16-21)31(28,29)26-11-13-30-14-12-26/h4-6,15-17H,7-14H2,1-3H3/b23-17+. The first-order valence-corrected chi connectivity index (χ1v) is 12.1. The van der Waals surface area contributed by atoms with Gasteiger partial charge in [-0.2, -0.15) is 9.41 Å². The Morgan fingerprint density at radius 3 is 2.42 bits per heavy atom. The fourth-order valence-electron chi connectivity index (χ4n) is 4.09. The molecule has 0 aliphatic carbocycles. The Morgan fingerprint density at radius 1 is 1.00 bits per heavy atom. The first kappa shape index (κ1) is 22.0. The van der Waals surface area contributed by atoms with Crippen molar-refractivity contribution in [3.8, 4) is 5.69 Å². The molecule has 2 saturated heterocycles. The number of nitrogens with zero attached hydrogens (tertiary/aromatic N) is 5. The SMILES string of the molecule is Cc1cc(/C=N/N2CCN(C)CC2)c(C)n1-c1cccc(S(=O)(=O)N2CCOCC2)c1. The van der Waals surface area contributed by atoms with Gasteiger partial charge in [-0.3, -0.25) is 5.01 Å². The Bertz CT molecular complexity index is 1050. The van der Waals surface area contributed by atoms with Gasteiger partial charge in [-0.15, -0.1) is 0 Å². The van der Waals surface area contributed by atoms with E-state index >= 15 is 0 Å². The monoisotopic (exact) mass is 445 g/mol. The van der Waals surface area contributed by atoms with E-state index < -0.39 is 10.0 Å². The number of hydrogen-bond donors (Lipinski definition) is 0. The number of sulfonamides is 1. The third-order valence-corrected chi connectivity index (χ3v) is 7.89. The van der Waals surface area contributed by atoms with Crippen molar-refractivity contribution in [1.29, 1.82) is 0 Å². The highest BCUT2D eigenvalue weighted by Gasteiger charge is 2.26. The summed E-state index contributed by atoms with van der Waals surface area (Å²) in [7, 11) is -1.41. The van der Waals surface area contributed by atoms with E-state index in [2.05, 4.69) is 32.7 Å². The lowest BCUT2D eigenvalue weighted by molar-refractivity contribution is 0.0730. The van der Waals surface area contributed by atoms with Crippen LogP contribution in [0, 0.1) is 13.8 Å². The summed E-state index contributed by atoms with van der Waals surface area (Å²) in [5.74, 6) is 0. The Balaban J connectivity index is 1.59. The molecule has 0 saturated carbocycles. The van der Waals surface area contributed by atoms with Crippen LogP contribution in [0.15, 0.2) is 40.3 Å². The number of hydrazone groups is 1. The zero-order chi connectivity index (χ0) is 22.0. The molecular formula is C22H31N5O3S. The van der Waals surface area contributed by atoms with E-state index in [4.69, 9.17) is 4.74 Å². The van der Waals surface area contributed by atoms with Crippen LogP contribution in [-0.2, 0) is 14.8 Å². The van der Waals surface area contributed by atoms with Gasteiger partial charge in [0.15, 0.2) is 0 Å². The summed E-state index contributed by atoms with van der Waals surface area (Å²) in [6, 6.07) is 9.27. The predicted molar refractivity (Wildman–Crippen MR) is 121 cm³/mol. The third kappa shape index (κ3) is 4.69. The van der Waals surface area contributed by atoms with Gasteiger partial charge in [-0.05, 0) is 45.2 Å². The largest absolute Gasteiger partial charge is 0.379 e. The molecule has 9 heteroatoms. The van der Waals surface area contributed by atoms with Gasteiger partial charge in [0.2, 0.25) is 10.0 Å². The molecule has 2 fully saturated rings. The highest BCUT2D eigenvalue weighted by Crippen LogP contribution is 2.24. The van der Waals surface area contributed by atoms with Gasteiger partial charge in [0.1, 0.15) is 0 Å². The second-order valence-corrected chi connectivity index (χ2v) is 10.1. The number of piperazine rings is 1. The zero-order valence-electron chi connectivity index (χ0n) is 18.5. The van der Waals surface area contributed by atoms with Gasteiger partial charge >= 0.3 is 0 Å². The molecule has 2 aliphatic rings. The second kappa shape index (κ2) is 9.12. The van der Waals surface area contributed by atoms with Crippen molar-refractivity contribution in [2.24, 2.45) is 5.10 Å². The van der Waals surface area contributed by atoms with Crippen LogP contribution < -0.4 is 0 Å². The molecule has 0 unspecified atom stereocenters. The normalized spacial score (nSPS) is 19.4. The molecule has 1 aromatic carbocycles. The summed E-state index contributed by atoms with van der Waals surface area (Å²) in [6.45, 7) is 9.60. The first-order valence-electron chi connectivity index (χ1n) is 10.7. The van der Waals surface area contributed by atoms with Gasteiger partial charge in [0, 0.05) is 61.9 Å². The van der Waals surface area contributed by atoms with Crippen LogP contribution in [0.5, 0.6) is 0 Å². The average Bonchev–Trinajstić information content (AvgIpc) is 3.07. The lowest BCUT2D eigenvalue weighted by Crippen LogP contribution is -2.41. The molecule has 8 nitrogen and oxygen atoms in total. The number of benzene rings is 1. The molecular weight excluding hydrogens is 414 g/mol. The second-order valence-electron chi connectivity index (χ2n) is 8.18. The molecule has 0 N–H and O–H groups in total. The molecule has 31 heavy (non-hydrogen) atoms. The Labute approximate surface area is 184 Å². The van der Waals surface area contributed by atoms with Crippen LogP contribution in [0.2, 0.25) is 0 Å². The van der Waals surface area contributed by atoms with Gasteiger partial charge in [-0.1, -0.05) is 6.07 Å². The molecule has 0 bridgehead atoms. The predicted octanol–water partition coefficient (Wildman–Crippen LogP) is 1.70. The van der Waals surface area contributed by atoms with E-state index in [9.17, 15) is 8.42 Å².